The molecule has 0 saturated carbocycles. The van der Waals surface area contributed by atoms with Crippen LogP contribution < -0.4 is 4.74 Å². The van der Waals surface area contributed by atoms with E-state index in [1.807, 2.05) is 0 Å². The topological polar surface area (TPSA) is 21.8 Å². The van der Waals surface area contributed by atoms with Crippen molar-refractivity contribution in [1.82, 2.24) is 0 Å². The number of benzene rings is 1. The number of unbranched alkanes of at least 4 members (excludes halogenated alkanes) is 15. The first-order valence-electron chi connectivity index (χ1n) is 13.1. The average molecular weight is 417 g/mol. The van der Waals surface area contributed by atoms with E-state index in [0.29, 0.717) is 6.61 Å². The van der Waals surface area contributed by atoms with Gasteiger partial charge in [-0.25, -0.2) is 0 Å². The summed E-state index contributed by atoms with van der Waals surface area (Å²) in [5.41, 5.74) is 1.31. The maximum atomic E-state index is 6.02. The van der Waals surface area contributed by atoms with Gasteiger partial charge in [-0.05, 0) is 31.4 Å². The summed E-state index contributed by atoms with van der Waals surface area (Å²) in [5, 5.41) is 0. The van der Waals surface area contributed by atoms with Crippen LogP contribution in [0.1, 0.15) is 122 Å². The highest BCUT2D eigenvalue weighted by atomic mass is 16.6. The zero-order valence-corrected chi connectivity index (χ0v) is 20.1. The Kier molecular flexibility index (Phi) is 13.2. The minimum absolute atomic E-state index is 0.0403. The molecule has 0 spiro atoms. The van der Waals surface area contributed by atoms with Crippen molar-refractivity contribution < 1.29 is 9.47 Å². The molecule has 1 aliphatic heterocycles. The first kappa shape index (κ1) is 25.2. The highest BCUT2D eigenvalue weighted by Gasteiger charge is 2.40. The van der Waals surface area contributed by atoms with Gasteiger partial charge in [-0.2, -0.15) is 0 Å². The predicted octanol–water partition coefficient (Wildman–Crippen LogP) is 8.66. The van der Waals surface area contributed by atoms with Crippen LogP contribution in [0.15, 0.2) is 24.3 Å². The molecule has 1 heterocycles. The molecule has 2 heteroatoms. The number of para-hydroxylation sites is 1. The van der Waals surface area contributed by atoms with Gasteiger partial charge in [0.05, 0.1) is 6.61 Å². The van der Waals surface area contributed by atoms with E-state index in [1.165, 1.54) is 108 Å². The van der Waals surface area contributed by atoms with Crippen LogP contribution in [0.25, 0.3) is 0 Å². The Balaban J connectivity index is 1.37. The number of epoxide rings is 1. The van der Waals surface area contributed by atoms with Crippen molar-refractivity contribution in [3.63, 3.8) is 0 Å². The van der Waals surface area contributed by atoms with Crippen LogP contribution in [-0.4, -0.2) is 18.8 Å². The van der Waals surface area contributed by atoms with Crippen LogP contribution in [0.3, 0.4) is 0 Å². The second-order valence-electron chi connectivity index (χ2n) is 9.69. The van der Waals surface area contributed by atoms with Crippen molar-refractivity contribution in [3.8, 4) is 5.75 Å². The van der Waals surface area contributed by atoms with Crippen LogP contribution in [0, 0.1) is 0 Å². The number of hydrogen-bond acceptors (Lipinski definition) is 2. The molecule has 0 aromatic heterocycles. The van der Waals surface area contributed by atoms with Gasteiger partial charge in [0.1, 0.15) is 18.0 Å². The third-order valence-electron chi connectivity index (χ3n) is 6.44. The zero-order valence-electron chi connectivity index (χ0n) is 20.1. The van der Waals surface area contributed by atoms with Crippen LogP contribution in [0.5, 0.6) is 5.75 Å². The maximum Gasteiger partial charge on any atom is 0.123 e. The molecule has 0 aliphatic carbocycles. The van der Waals surface area contributed by atoms with Gasteiger partial charge >= 0.3 is 0 Å². The zero-order chi connectivity index (χ0) is 21.3. The van der Waals surface area contributed by atoms with E-state index in [4.69, 9.17) is 9.47 Å². The summed E-state index contributed by atoms with van der Waals surface area (Å²) >= 11 is 0. The van der Waals surface area contributed by atoms with E-state index >= 15 is 0 Å². The SMILES string of the molecule is CCCCCCCCCCCCCCCCCCc1ccccc1OCC1(C)CO1. The quantitative estimate of drug-likeness (QED) is 0.157. The summed E-state index contributed by atoms with van der Waals surface area (Å²) in [6.45, 7) is 5.91. The van der Waals surface area contributed by atoms with Crippen LogP contribution in [-0.2, 0) is 11.2 Å². The van der Waals surface area contributed by atoms with Crippen molar-refractivity contribution in [2.24, 2.45) is 0 Å². The summed E-state index contributed by atoms with van der Waals surface area (Å²) in [6.07, 6.45) is 23.8. The summed E-state index contributed by atoms with van der Waals surface area (Å²) < 4.78 is 11.4. The van der Waals surface area contributed by atoms with E-state index < -0.39 is 0 Å². The molecule has 1 aromatic carbocycles. The Morgan fingerprint density at radius 3 is 1.70 bits per heavy atom. The normalized spacial score (nSPS) is 17.9. The Bertz CT molecular complexity index is 535. The highest BCUT2D eigenvalue weighted by Crippen LogP contribution is 2.28. The smallest absolute Gasteiger partial charge is 0.123 e. The second-order valence-corrected chi connectivity index (χ2v) is 9.69. The first-order chi connectivity index (χ1) is 14.7. The summed E-state index contributed by atoms with van der Waals surface area (Å²) in [4.78, 5) is 0. The molecule has 30 heavy (non-hydrogen) atoms. The molecule has 0 bridgehead atoms. The molecule has 1 fully saturated rings. The number of aryl methyl sites for hydroxylation is 1. The Labute approximate surface area is 187 Å². The second kappa shape index (κ2) is 15.7. The van der Waals surface area contributed by atoms with Gasteiger partial charge in [0.15, 0.2) is 0 Å². The molecule has 1 aliphatic rings. The fourth-order valence-electron chi connectivity index (χ4n) is 4.15. The van der Waals surface area contributed by atoms with Crippen LogP contribution in [0.2, 0.25) is 0 Å². The van der Waals surface area contributed by atoms with Gasteiger partial charge in [0.25, 0.3) is 0 Å². The van der Waals surface area contributed by atoms with E-state index in [2.05, 4.69) is 38.1 Å². The molecular weight excluding hydrogens is 368 g/mol. The fraction of sp³-hybridized carbons (Fsp3) is 0.786. The van der Waals surface area contributed by atoms with Gasteiger partial charge in [-0.3, -0.25) is 0 Å². The standard InChI is InChI=1S/C28H48O2/c1-3-4-5-6-7-8-9-10-11-12-13-14-15-16-17-18-21-26-22-19-20-23-27(26)29-24-28(2)25-30-28/h19-20,22-23H,3-18,21,24-25H2,1-2H3. The lowest BCUT2D eigenvalue weighted by Gasteiger charge is -2.13. The molecular formula is C28H48O2. The van der Waals surface area contributed by atoms with Gasteiger partial charge in [0, 0.05) is 0 Å². The Morgan fingerprint density at radius 1 is 0.733 bits per heavy atom. The largest absolute Gasteiger partial charge is 0.490 e. The predicted molar refractivity (Wildman–Crippen MR) is 130 cm³/mol. The van der Waals surface area contributed by atoms with Crippen LogP contribution in [0.4, 0.5) is 0 Å². The Hall–Kier alpha value is -1.02. The molecule has 172 valence electrons. The molecule has 0 N–H and O–H groups in total. The van der Waals surface area contributed by atoms with E-state index in [-0.39, 0.29) is 5.60 Å². The third kappa shape index (κ3) is 12.0. The molecule has 1 unspecified atom stereocenters. The van der Waals surface area contributed by atoms with Gasteiger partial charge in [-0.15, -0.1) is 0 Å². The first-order valence-corrected chi connectivity index (χ1v) is 13.1. The van der Waals surface area contributed by atoms with Gasteiger partial charge in [-0.1, -0.05) is 121 Å². The number of rotatable bonds is 20. The van der Waals surface area contributed by atoms with E-state index in [9.17, 15) is 0 Å². The molecule has 1 atom stereocenters. The number of hydrogen-bond donors (Lipinski definition) is 0. The highest BCUT2D eigenvalue weighted by molar-refractivity contribution is 5.33. The fourth-order valence-corrected chi connectivity index (χ4v) is 4.15. The van der Waals surface area contributed by atoms with Gasteiger partial charge in [0.2, 0.25) is 0 Å². The molecule has 2 nitrogen and oxygen atoms in total. The maximum absolute atomic E-state index is 6.02. The Morgan fingerprint density at radius 2 is 1.20 bits per heavy atom. The molecule has 0 radical (unpaired) electrons. The minimum Gasteiger partial charge on any atom is -0.490 e. The molecule has 1 aromatic rings. The summed E-state index contributed by atoms with van der Waals surface area (Å²) in [5.74, 6) is 1.05. The lowest BCUT2D eigenvalue weighted by molar-refractivity contribution is 0.201. The van der Waals surface area contributed by atoms with Crippen molar-refractivity contribution in [2.45, 2.75) is 129 Å². The van der Waals surface area contributed by atoms with E-state index in [0.717, 1.165) is 18.8 Å². The lowest BCUT2D eigenvalue weighted by atomic mass is 10.0. The molecule has 2 rings (SSSR count). The third-order valence-corrected chi connectivity index (χ3v) is 6.44. The molecule has 1 saturated heterocycles. The lowest BCUT2D eigenvalue weighted by Crippen LogP contribution is -2.17. The summed E-state index contributed by atoms with van der Waals surface area (Å²) in [7, 11) is 0. The van der Waals surface area contributed by atoms with E-state index in [1.54, 1.807) is 0 Å². The van der Waals surface area contributed by atoms with Crippen molar-refractivity contribution in [2.75, 3.05) is 13.2 Å². The van der Waals surface area contributed by atoms with Crippen molar-refractivity contribution in [1.29, 1.82) is 0 Å². The van der Waals surface area contributed by atoms with Crippen LogP contribution >= 0.6 is 0 Å². The number of ether oxygens (including phenoxy) is 2. The minimum atomic E-state index is -0.0403. The van der Waals surface area contributed by atoms with Crippen molar-refractivity contribution >= 4 is 0 Å². The average Bonchev–Trinajstić information content (AvgIpc) is 3.50. The monoisotopic (exact) mass is 416 g/mol. The molecule has 0 amide bonds. The summed E-state index contributed by atoms with van der Waals surface area (Å²) in [6, 6.07) is 8.52. The van der Waals surface area contributed by atoms with Crippen molar-refractivity contribution in [3.05, 3.63) is 29.8 Å². The van der Waals surface area contributed by atoms with Gasteiger partial charge < -0.3 is 9.47 Å².